The molecule has 14 atom stereocenters. The van der Waals surface area contributed by atoms with Gasteiger partial charge in [0.25, 0.3) is 0 Å². The molecular formula is C18H36N4O9. The summed E-state index contributed by atoms with van der Waals surface area (Å²) < 4.78 is 22.6. The molecule has 2 saturated heterocycles. The van der Waals surface area contributed by atoms with Gasteiger partial charge in [-0.3, -0.25) is 0 Å². The number of rotatable bonds is 5. The molecule has 1 aliphatic carbocycles. The molecule has 7 unspecified atom stereocenters. The van der Waals surface area contributed by atoms with Gasteiger partial charge in [0, 0.05) is 24.5 Å². The lowest BCUT2D eigenvalue weighted by molar-refractivity contribution is -0.311. The summed E-state index contributed by atoms with van der Waals surface area (Å²) in [5, 5.41) is 51.4. The molecule has 0 spiro atoms. The highest BCUT2D eigenvalue weighted by molar-refractivity contribution is 5.01. The second-order valence-electron chi connectivity index (χ2n) is 8.75. The Morgan fingerprint density at radius 3 is 1.97 bits per heavy atom. The first kappa shape index (κ1) is 25.1. The molecule has 13 nitrogen and oxygen atoms in total. The number of ether oxygens (including phenoxy) is 4. The third-order valence-electron chi connectivity index (χ3n) is 6.36. The van der Waals surface area contributed by atoms with Crippen LogP contribution in [0.2, 0.25) is 0 Å². The van der Waals surface area contributed by atoms with Gasteiger partial charge in [0.1, 0.15) is 42.7 Å². The minimum absolute atomic E-state index is 0.0850. The van der Waals surface area contributed by atoms with E-state index in [1.165, 1.54) is 0 Å². The first-order chi connectivity index (χ1) is 14.6. The lowest BCUT2D eigenvalue weighted by Crippen LogP contribution is -2.68. The average Bonchev–Trinajstić information content (AvgIpc) is 2.73. The standard InChI is InChI=1S/C18H36N4O9/c1-5-4-28-18(13(26)10(5)23)31-16-7(21)2-6(20)15(14(16)27)30-17-9(22)12(25)11(24)8(3-19)29-17/h5-18,23-27H,2-4,19-22H2,1H3/t5?,6?,7?,8?,9?,10-,11-,12-,13?,14+,15-,16-,17-,18?/m1/s1. The predicted octanol–water partition coefficient (Wildman–Crippen LogP) is -5.38. The second-order valence-corrected chi connectivity index (χ2v) is 8.75. The Kier molecular flexibility index (Phi) is 8.24. The van der Waals surface area contributed by atoms with E-state index in [2.05, 4.69) is 0 Å². The van der Waals surface area contributed by atoms with Gasteiger partial charge in [-0.05, 0) is 6.42 Å². The Morgan fingerprint density at radius 1 is 0.806 bits per heavy atom. The SMILES string of the molecule is CC1COC(O[C@@H]2C(N)CC(N)[C@@H](O[C@H]3OC(CN)[C@@H](O)[C@H](O)C3N)[C@@H]2O)C(O)[C@@H]1O. The molecule has 31 heavy (non-hydrogen) atoms. The summed E-state index contributed by atoms with van der Waals surface area (Å²) >= 11 is 0. The molecule has 3 fully saturated rings. The van der Waals surface area contributed by atoms with E-state index in [-0.39, 0.29) is 25.5 Å². The summed E-state index contributed by atoms with van der Waals surface area (Å²) in [4.78, 5) is 0. The van der Waals surface area contributed by atoms with Crippen molar-refractivity contribution < 1.29 is 44.5 Å². The highest BCUT2D eigenvalue weighted by atomic mass is 16.7. The normalized spacial score (nSPS) is 54.0. The van der Waals surface area contributed by atoms with E-state index in [0.717, 1.165) is 0 Å². The molecule has 13 heteroatoms. The molecule has 1 saturated carbocycles. The average molecular weight is 453 g/mol. The molecule has 2 aliphatic heterocycles. The van der Waals surface area contributed by atoms with Crippen molar-refractivity contribution in [1.82, 2.24) is 0 Å². The van der Waals surface area contributed by atoms with Gasteiger partial charge in [-0.25, -0.2) is 0 Å². The van der Waals surface area contributed by atoms with Gasteiger partial charge in [-0.1, -0.05) is 6.92 Å². The van der Waals surface area contributed by atoms with E-state index in [4.69, 9.17) is 41.9 Å². The van der Waals surface area contributed by atoms with Crippen molar-refractivity contribution in [2.24, 2.45) is 28.9 Å². The molecule has 182 valence electrons. The first-order valence-corrected chi connectivity index (χ1v) is 10.5. The quantitative estimate of drug-likeness (QED) is 0.189. The largest absolute Gasteiger partial charge is 0.390 e. The maximum atomic E-state index is 10.9. The van der Waals surface area contributed by atoms with Gasteiger partial charge in [-0.15, -0.1) is 0 Å². The summed E-state index contributed by atoms with van der Waals surface area (Å²) in [7, 11) is 0. The number of aliphatic hydroxyl groups excluding tert-OH is 5. The Hall–Kier alpha value is -0.520. The van der Waals surface area contributed by atoms with Gasteiger partial charge in [0.2, 0.25) is 0 Å². The molecule has 0 aromatic carbocycles. The Bertz CT molecular complexity index is 590. The molecule has 0 bridgehead atoms. The van der Waals surface area contributed by atoms with Gasteiger partial charge >= 0.3 is 0 Å². The van der Waals surface area contributed by atoms with Crippen molar-refractivity contribution in [2.75, 3.05) is 13.2 Å². The predicted molar refractivity (Wildman–Crippen MR) is 105 cm³/mol. The summed E-state index contributed by atoms with van der Waals surface area (Å²) in [5.41, 5.74) is 23.8. The molecule has 0 aromatic rings. The zero-order valence-corrected chi connectivity index (χ0v) is 17.4. The zero-order chi connectivity index (χ0) is 23.0. The Labute approximate surface area is 180 Å². The van der Waals surface area contributed by atoms with Crippen LogP contribution in [0, 0.1) is 5.92 Å². The van der Waals surface area contributed by atoms with E-state index >= 15 is 0 Å². The van der Waals surface area contributed by atoms with E-state index in [9.17, 15) is 25.5 Å². The van der Waals surface area contributed by atoms with Crippen LogP contribution in [0.1, 0.15) is 13.3 Å². The van der Waals surface area contributed by atoms with Crippen molar-refractivity contribution >= 4 is 0 Å². The van der Waals surface area contributed by atoms with Gasteiger partial charge in [-0.2, -0.15) is 0 Å². The minimum Gasteiger partial charge on any atom is -0.390 e. The number of nitrogens with two attached hydrogens (primary N) is 4. The van der Waals surface area contributed by atoms with Crippen LogP contribution in [0.3, 0.4) is 0 Å². The van der Waals surface area contributed by atoms with Crippen LogP contribution in [0.25, 0.3) is 0 Å². The number of aliphatic hydroxyl groups is 5. The van der Waals surface area contributed by atoms with Crippen LogP contribution in [-0.4, -0.2) is 118 Å². The first-order valence-electron chi connectivity index (χ1n) is 10.5. The smallest absolute Gasteiger partial charge is 0.186 e. The van der Waals surface area contributed by atoms with Crippen LogP contribution in [0.5, 0.6) is 0 Å². The lowest BCUT2D eigenvalue weighted by Gasteiger charge is -2.47. The minimum atomic E-state index is -1.36. The van der Waals surface area contributed by atoms with E-state index in [1.54, 1.807) is 6.92 Å². The molecule has 0 radical (unpaired) electrons. The maximum absolute atomic E-state index is 10.9. The summed E-state index contributed by atoms with van der Waals surface area (Å²) in [6.45, 7) is 1.80. The Morgan fingerprint density at radius 2 is 1.39 bits per heavy atom. The van der Waals surface area contributed by atoms with Crippen LogP contribution in [-0.2, 0) is 18.9 Å². The van der Waals surface area contributed by atoms with Crippen LogP contribution in [0.4, 0.5) is 0 Å². The molecule has 0 aromatic heterocycles. The van der Waals surface area contributed by atoms with E-state index < -0.39 is 79.5 Å². The van der Waals surface area contributed by atoms with E-state index in [0.29, 0.717) is 0 Å². The van der Waals surface area contributed by atoms with Crippen LogP contribution < -0.4 is 22.9 Å². The summed E-state index contributed by atoms with van der Waals surface area (Å²) in [5.74, 6) is -0.286. The molecule has 2 heterocycles. The molecule has 3 aliphatic rings. The van der Waals surface area contributed by atoms with Crippen molar-refractivity contribution in [3.05, 3.63) is 0 Å². The van der Waals surface area contributed by atoms with Crippen molar-refractivity contribution in [3.63, 3.8) is 0 Å². The molecule has 3 rings (SSSR count). The lowest BCUT2D eigenvalue weighted by atomic mass is 9.84. The highest BCUT2D eigenvalue weighted by Gasteiger charge is 2.50. The Balaban J connectivity index is 1.70. The van der Waals surface area contributed by atoms with Gasteiger partial charge < -0.3 is 67.4 Å². The summed E-state index contributed by atoms with van der Waals surface area (Å²) in [6, 6.07) is -2.54. The van der Waals surface area contributed by atoms with E-state index in [1.807, 2.05) is 0 Å². The maximum Gasteiger partial charge on any atom is 0.186 e. The molecule has 13 N–H and O–H groups in total. The molecular weight excluding hydrogens is 416 g/mol. The second kappa shape index (κ2) is 10.2. The topological polar surface area (TPSA) is 242 Å². The van der Waals surface area contributed by atoms with Crippen molar-refractivity contribution in [3.8, 4) is 0 Å². The fraction of sp³-hybridized carbons (Fsp3) is 1.00. The summed E-state index contributed by atoms with van der Waals surface area (Å²) in [6.07, 6.45) is -11.6. The fourth-order valence-corrected chi connectivity index (χ4v) is 4.28. The molecule has 0 amide bonds. The van der Waals surface area contributed by atoms with Crippen molar-refractivity contribution in [2.45, 2.75) is 92.9 Å². The number of hydrogen-bond acceptors (Lipinski definition) is 13. The van der Waals surface area contributed by atoms with Crippen LogP contribution in [0.15, 0.2) is 0 Å². The fourth-order valence-electron chi connectivity index (χ4n) is 4.28. The van der Waals surface area contributed by atoms with Crippen LogP contribution >= 0.6 is 0 Å². The monoisotopic (exact) mass is 452 g/mol. The highest BCUT2D eigenvalue weighted by Crippen LogP contribution is 2.30. The number of hydrogen-bond donors (Lipinski definition) is 9. The third kappa shape index (κ3) is 5.04. The van der Waals surface area contributed by atoms with Gasteiger partial charge in [0.15, 0.2) is 12.6 Å². The zero-order valence-electron chi connectivity index (χ0n) is 17.4. The van der Waals surface area contributed by atoms with Gasteiger partial charge in [0.05, 0.1) is 18.8 Å². The van der Waals surface area contributed by atoms with Crippen molar-refractivity contribution in [1.29, 1.82) is 0 Å². The third-order valence-corrected chi connectivity index (χ3v) is 6.36.